The number of halogens is 4. The van der Waals surface area contributed by atoms with Gasteiger partial charge in [-0.3, -0.25) is 0 Å². The van der Waals surface area contributed by atoms with Crippen LogP contribution in [0.5, 0.6) is 11.5 Å². The highest BCUT2D eigenvalue weighted by molar-refractivity contribution is 5.85. The molecule has 0 heterocycles. The maximum atomic E-state index is 12.0. The van der Waals surface area contributed by atoms with Crippen LogP contribution in [-0.4, -0.2) is 18.0 Å². The Morgan fingerprint density at radius 3 is 2.47 bits per heavy atom. The number of nitrogens with two attached hydrogens (primary N) is 2. The highest BCUT2D eigenvalue weighted by Crippen LogP contribution is 2.31. The van der Waals surface area contributed by atoms with Crippen molar-refractivity contribution in [3.63, 3.8) is 0 Å². The first-order valence-corrected chi connectivity index (χ1v) is 5.38. The molecule has 0 unspecified atom stereocenters. The Labute approximate surface area is 114 Å². The van der Waals surface area contributed by atoms with E-state index in [4.69, 9.17) is 11.5 Å². The van der Waals surface area contributed by atoms with Crippen molar-refractivity contribution in [2.45, 2.75) is 25.2 Å². The summed E-state index contributed by atoms with van der Waals surface area (Å²) in [6, 6.07) is 2.66. The second-order valence-electron chi connectivity index (χ2n) is 3.81. The van der Waals surface area contributed by atoms with Crippen LogP contribution in [0.25, 0.3) is 0 Å². The average molecular weight is 301 g/mol. The van der Waals surface area contributed by atoms with Gasteiger partial charge in [-0.1, -0.05) is 0 Å². The second-order valence-corrected chi connectivity index (χ2v) is 3.81. The minimum absolute atomic E-state index is 0. The first-order valence-electron chi connectivity index (χ1n) is 5.38. The topological polar surface area (TPSA) is 81.5 Å². The van der Waals surface area contributed by atoms with E-state index in [1.54, 1.807) is 0 Å². The van der Waals surface area contributed by atoms with Gasteiger partial charge < -0.3 is 21.3 Å². The largest absolute Gasteiger partial charge is 0.573 e. The van der Waals surface area contributed by atoms with Gasteiger partial charge in [-0.25, -0.2) is 0 Å². The van der Waals surface area contributed by atoms with Gasteiger partial charge in [0, 0.05) is 11.6 Å². The Kier molecular flexibility index (Phi) is 6.96. The molecule has 1 atom stereocenters. The number of aromatic hydroxyl groups is 1. The van der Waals surface area contributed by atoms with E-state index in [-0.39, 0.29) is 23.7 Å². The summed E-state index contributed by atoms with van der Waals surface area (Å²) in [7, 11) is 0. The van der Waals surface area contributed by atoms with Crippen molar-refractivity contribution in [1.82, 2.24) is 0 Å². The van der Waals surface area contributed by atoms with Crippen LogP contribution in [-0.2, 0) is 0 Å². The van der Waals surface area contributed by atoms with Crippen molar-refractivity contribution in [1.29, 1.82) is 0 Å². The van der Waals surface area contributed by atoms with E-state index < -0.39 is 18.2 Å². The molecule has 0 amide bonds. The van der Waals surface area contributed by atoms with E-state index in [0.717, 1.165) is 18.2 Å². The monoisotopic (exact) mass is 300 g/mol. The van der Waals surface area contributed by atoms with Gasteiger partial charge in [0.05, 0.1) is 0 Å². The van der Waals surface area contributed by atoms with Crippen LogP contribution in [0.3, 0.4) is 0 Å². The van der Waals surface area contributed by atoms with Crippen molar-refractivity contribution in [3.8, 4) is 11.5 Å². The summed E-state index contributed by atoms with van der Waals surface area (Å²) >= 11 is 0. The second kappa shape index (κ2) is 7.42. The van der Waals surface area contributed by atoms with Gasteiger partial charge in [-0.05, 0) is 37.6 Å². The van der Waals surface area contributed by atoms with Crippen LogP contribution in [0, 0.1) is 0 Å². The molecule has 5 N–H and O–H groups in total. The highest BCUT2D eigenvalue weighted by atomic mass is 35.5. The third kappa shape index (κ3) is 6.00. The zero-order valence-electron chi connectivity index (χ0n) is 9.98. The predicted octanol–water partition coefficient (Wildman–Crippen LogP) is 2.45. The maximum Gasteiger partial charge on any atom is 0.573 e. The summed E-state index contributed by atoms with van der Waals surface area (Å²) in [5, 5.41) is 9.55. The maximum absolute atomic E-state index is 12.0. The summed E-state index contributed by atoms with van der Waals surface area (Å²) in [5.74, 6) is -0.562. The first-order chi connectivity index (χ1) is 8.33. The summed E-state index contributed by atoms with van der Waals surface area (Å²) in [5.41, 5.74) is 11.3. The number of phenols is 1. The third-order valence-corrected chi connectivity index (χ3v) is 2.35. The molecule has 19 heavy (non-hydrogen) atoms. The number of hydrogen-bond donors (Lipinski definition) is 3. The summed E-state index contributed by atoms with van der Waals surface area (Å²) in [6.07, 6.45) is -3.68. The highest BCUT2D eigenvalue weighted by Gasteiger charge is 2.31. The molecule has 8 heteroatoms. The van der Waals surface area contributed by atoms with Gasteiger partial charge in [0.25, 0.3) is 0 Å². The lowest BCUT2D eigenvalue weighted by Gasteiger charge is -2.15. The lowest BCUT2D eigenvalue weighted by molar-refractivity contribution is -0.274. The SMILES string of the molecule is Cl.NCCC[C@H](N)c1cc(OC(F)(F)F)ccc1O. The lowest BCUT2D eigenvalue weighted by Crippen LogP contribution is -2.18. The van der Waals surface area contributed by atoms with Crippen molar-refractivity contribution >= 4 is 12.4 Å². The van der Waals surface area contributed by atoms with Gasteiger partial charge in [0.1, 0.15) is 11.5 Å². The molecule has 0 fully saturated rings. The van der Waals surface area contributed by atoms with Gasteiger partial charge in [-0.15, -0.1) is 25.6 Å². The molecular weight excluding hydrogens is 285 g/mol. The molecule has 0 bridgehead atoms. The summed E-state index contributed by atoms with van der Waals surface area (Å²) < 4.78 is 39.9. The van der Waals surface area contributed by atoms with Crippen LogP contribution in [0.2, 0.25) is 0 Å². The van der Waals surface area contributed by atoms with Gasteiger partial charge in [0.15, 0.2) is 0 Å². The molecule has 0 radical (unpaired) electrons. The summed E-state index contributed by atoms with van der Waals surface area (Å²) in [4.78, 5) is 0. The first kappa shape index (κ1) is 17.8. The van der Waals surface area contributed by atoms with E-state index >= 15 is 0 Å². The van der Waals surface area contributed by atoms with Crippen LogP contribution >= 0.6 is 12.4 Å². The molecule has 1 aromatic carbocycles. The smallest absolute Gasteiger partial charge is 0.508 e. The molecule has 0 saturated heterocycles. The standard InChI is InChI=1S/C11H15F3N2O2.ClH/c12-11(13,14)18-7-3-4-10(17)8(6-7)9(16)2-1-5-15;/h3-4,6,9,17H,1-2,5,15-16H2;1H/t9-;/m0./s1. The Balaban J connectivity index is 0.00000324. The molecule has 1 rings (SSSR count). The van der Waals surface area contributed by atoms with Crippen molar-refractivity contribution in [3.05, 3.63) is 23.8 Å². The van der Waals surface area contributed by atoms with E-state index in [9.17, 15) is 18.3 Å². The van der Waals surface area contributed by atoms with Crippen LogP contribution in [0.15, 0.2) is 18.2 Å². The number of hydrogen-bond acceptors (Lipinski definition) is 4. The molecular formula is C11H16ClF3N2O2. The minimum atomic E-state index is -4.77. The molecule has 0 aliphatic rings. The third-order valence-electron chi connectivity index (χ3n) is 2.35. The zero-order chi connectivity index (χ0) is 13.8. The van der Waals surface area contributed by atoms with Crippen LogP contribution in [0.4, 0.5) is 13.2 Å². The van der Waals surface area contributed by atoms with Gasteiger partial charge >= 0.3 is 6.36 Å². The molecule has 0 aliphatic heterocycles. The molecule has 0 saturated carbocycles. The van der Waals surface area contributed by atoms with Crippen molar-refractivity contribution < 1.29 is 23.0 Å². The number of ether oxygens (including phenoxy) is 1. The van der Waals surface area contributed by atoms with Crippen LogP contribution < -0.4 is 16.2 Å². The molecule has 110 valence electrons. The molecule has 0 aliphatic carbocycles. The summed E-state index contributed by atoms with van der Waals surface area (Å²) in [6.45, 7) is 0.424. The van der Waals surface area contributed by atoms with E-state index in [0.29, 0.717) is 19.4 Å². The van der Waals surface area contributed by atoms with E-state index in [1.165, 1.54) is 0 Å². The normalized spacial score (nSPS) is 12.7. The number of alkyl halides is 3. The minimum Gasteiger partial charge on any atom is -0.508 e. The molecule has 4 nitrogen and oxygen atoms in total. The zero-order valence-corrected chi connectivity index (χ0v) is 10.8. The Bertz CT molecular complexity index is 402. The van der Waals surface area contributed by atoms with Crippen LogP contribution in [0.1, 0.15) is 24.4 Å². The number of benzene rings is 1. The Morgan fingerprint density at radius 1 is 1.32 bits per heavy atom. The van der Waals surface area contributed by atoms with Crippen molar-refractivity contribution in [2.75, 3.05) is 6.54 Å². The average Bonchev–Trinajstić information content (AvgIpc) is 2.26. The lowest BCUT2D eigenvalue weighted by atomic mass is 10.0. The Hall–Kier alpha value is -1.18. The fourth-order valence-electron chi connectivity index (χ4n) is 1.52. The molecule has 0 aromatic heterocycles. The van der Waals surface area contributed by atoms with Gasteiger partial charge in [-0.2, -0.15) is 0 Å². The van der Waals surface area contributed by atoms with E-state index in [1.807, 2.05) is 0 Å². The fraction of sp³-hybridized carbons (Fsp3) is 0.455. The molecule has 1 aromatic rings. The van der Waals surface area contributed by atoms with Gasteiger partial charge in [0.2, 0.25) is 0 Å². The number of phenolic OH excluding ortho intramolecular Hbond substituents is 1. The van der Waals surface area contributed by atoms with Crippen molar-refractivity contribution in [2.24, 2.45) is 11.5 Å². The quantitative estimate of drug-likeness (QED) is 0.780. The fourth-order valence-corrected chi connectivity index (χ4v) is 1.52. The van der Waals surface area contributed by atoms with E-state index in [2.05, 4.69) is 4.74 Å². The number of rotatable bonds is 5. The molecule has 0 spiro atoms. The predicted molar refractivity (Wildman–Crippen MR) is 67.3 cm³/mol. The Morgan fingerprint density at radius 2 is 1.95 bits per heavy atom.